The maximum atomic E-state index is 4.83. The van der Waals surface area contributed by atoms with Crippen molar-refractivity contribution in [2.24, 2.45) is 0 Å². The van der Waals surface area contributed by atoms with Gasteiger partial charge < -0.3 is 4.57 Å². The van der Waals surface area contributed by atoms with Crippen molar-refractivity contribution < 1.29 is 0 Å². The van der Waals surface area contributed by atoms with Crippen molar-refractivity contribution >= 4 is 17.0 Å². The van der Waals surface area contributed by atoms with E-state index in [0.29, 0.717) is 0 Å². The van der Waals surface area contributed by atoms with Crippen molar-refractivity contribution in [3.05, 3.63) is 108 Å². The highest BCUT2D eigenvalue weighted by atomic mass is 15.0. The number of benzene rings is 3. The van der Waals surface area contributed by atoms with Crippen LogP contribution in [0.15, 0.2) is 91.5 Å². The first-order chi connectivity index (χ1) is 15.2. The van der Waals surface area contributed by atoms with E-state index in [1.807, 2.05) is 49.4 Å². The molecule has 150 valence electrons. The monoisotopic (exact) mass is 401 g/mol. The van der Waals surface area contributed by atoms with Crippen LogP contribution in [-0.2, 0) is 0 Å². The molecule has 2 heterocycles. The minimum absolute atomic E-state index is 0.752. The molecule has 3 nitrogen and oxygen atoms in total. The average molecular weight is 402 g/mol. The normalized spacial score (nSPS) is 11.0. The Morgan fingerprint density at radius 1 is 0.774 bits per heavy atom. The molecule has 0 unspecified atom stereocenters. The van der Waals surface area contributed by atoms with Crippen LogP contribution >= 0.6 is 0 Å². The topological polar surface area (TPSA) is 30.7 Å². The van der Waals surface area contributed by atoms with Crippen LogP contribution in [0.4, 0.5) is 0 Å². The van der Waals surface area contributed by atoms with Gasteiger partial charge in [0.15, 0.2) is 5.82 Å². The lowest BCUT2D eigenvalue weighted by Gasteiger charge is -2.11. The van der Waals surface area contributed by atoms with Gasteiger partial charge in [-0.1, -0.05) is 73.3 Å². The zero-order valence-electron chi connectivity index (χ0n) is 17.7. The number of rotatable bonds is 4. The van der Waals surface area contributed by atoms with E-state index >= 15 is 0 Å². The summed E-state index contributed by atoms with van der Waals surface area (Å²) in [6.45, 7) is 8.17. The van der Waals surface area contributed by atoms with Crippen molar-refractivity contribution in [1.29, 1.82) is 0 Å². The predicted molar refractivity (Wildman–Crippen MR) is 129 cm³/mol. The second-order valence-electron chi connectivity index (χ2n) is 7.69. The first-order valence-corrected chi connectivity index (χ1v) is 10.4. The SMILES string of the molecule is C=Cc1c(C)n(-c2ccc(-c3cc(C)nc(-c4ccccc4)n3)cc2)c2ccccc12. The van der Waals surface area contributed by atoms with Crippen molar-refractivity contribution in [2.45, 2.75) is 13.8 Å². The summed E-state index contributed by atoms with van der Waals surface area (Å²) in [5.74, 6) is 0.752. The Hall–Kier alpha value is -3.98. The maximum absolute atomic E-state index is 4.83. The van der Waals surface area contributed by atoms with Crippen LogP contribution in [0, 0.1) is 13.8 Å². The van der Waals surface area contributed by atoms with Gasteiger partial charge in [-0.25, -0.2) is 9.97 Å². The zero-order chi connectivity index (χ0) is 21.4. The van der Waals surface area contributed by atoms with Crippen LogP contribution in [0.3, 0.4) is 0 Å². The molecule has 0 amide bonds. The van der Waals surface area contributed by atoms with E-state index in [0.717, 1.165) is 34.0 Å². The summed E-state index contributed by atoms with van der Waals surface area (Å²) < 4.78 is 2.29. The van der Waals surface area contributed by atoms with Gasteiger partial charge in [0.05, 0.1) is 11.2 Å². The van der Waals surface area contributed by atoms with Gasteiger partial charge >= 0.3 is 0 Å². The number of nitrogens with zero attached hydrogens (tertiary/aromatic N) is 3. The van der Waals surface area contributed by atoms with E-state index in [2.05, 4.69) is 71.6 Å². The van der Waals surface area contributed by atoms with Gasteiger partial charge in [0.25, 0.3) is 0 Å². The molecule has 0 aliphatic rings. The molecule has 0 N–H and O–H groups in total. The molecule has 31 heavy (non-hydrogen) atoms. The van der Waals surface area contributed by atoms with Gasteiger partial charge in [-0.3, -0.25) is 0 Å². The Kier molecular flexibility index (Phi) is 4.72. The second-order valence-corrected chi connectivity index (χ2v) is 7.69. The number of para-hydroxylation sites is 1. The number of hydrogen-bond donors (Lipinski definition) is 0. The minimum atomic E-state index is 0.752. The molecule has 0 aliphatic carbocycles. The van der Waals surface area contributed by atoms with Crippen molar-refractivity contribution in [2.75, 3.05) is 0 Å². The van der Waals surface area contributed by atoms with Crippen LogP contribution in [-0.4, -0.2) is 14.5 Å². The highest BCUT2D eigenvalue weighted by Gasteiger charge is 2.13. The molecular formula is C28H23N3. The van der Waals surface area contributed by atoms with E-state index in [4.69, 9.17) is 4.98 Å². The number of fused-ring (bicyclic) bond motifs is 1. The van der Waals surface area contributed by atoms with E-state index in [-0.39, 0.29) is 0 Å². The standard InChI is InChI=1S/C28H23N3/c1-4-24-20(3)31(27-13-9-8-12-25(24)27)23-16-14-21(15-17-23)26-18-19(2)29-28(30-26)22-10-6-5-7-11-22/h4-18H,1H2,2-3H3. The van der Waals surface area contributed by atoms with Crippen molar-refractivity contribution in [3.63, 3.8) is 0 Å². The van der Waals surface area contributed by atoms with E-state index in [1.54, 1.807) is 0 Å². The summed E-state index contributed by atoms with van der Waals surface area (Å²) in [4.78, 5) is 9.46. The number of aryl methyl sites for hydroxylation is 1. The summed E-state index contributed by atoms with van der Waals surface area (Å²) in [6.07, 6.45) is 1.94. The Balaban J connectivity index is 1.58. The van der Waals surface area contributed by atoms with Crippen LogP contribution in [0.1, 0.15) is 17.0 Å². The fraction of sp³-hybridized carbons (Fsp3) is 0.0714. The molecular weight excluding hydrogens is 378 g/mol. The summed E-state index contributed by atoms with van der Waals surface area (Å²) in [5.41, 5.74) is 8.66. The molecule has 0 radical (unpaired) electrons. The highest BCUT2D eigenvalue weighted by Crippen LogP contribution is 2.31. The zero-order valence-corrected chi connectivity index (χ0v) is 17.7. The van der Waals surface area contributed by atoms with Gasteiger partial charge in [-0.05, 0) is 38.1 Å². The summed E-state index contributed by atoms with van der Waals surface area (Å²) in [7, 11) is 0. The van der Waals surface area contributed by atoms with Crippen molar-refractivity contribution in [3.8, 4) is 28.3 Å². The lowest BCUT2D eigenvalue weighted by atomic mass is 10.1. The summed E-state index contributed by atoms with van der Waals surface area (Å²) in [5, 5.41) is 1.22. The fourth-order valence-corrected chi connectivity index (χ4v) is 4.20. The first kappa shape index (κ1) is 19.0. The lowest BCUT2D eigenvalue weighted by Crippen LogP contribution is -1.98. The smallest absolute Gasteiger partial charge is 0.160 e. The van der Waals surface area contributed by atoms with Crippen LogP contribution in [0.2, 0.25) is 0 Å². The lowest BCUT2D eigenvalue weighted by molar-refractivity contribution is 1.05. The minimum Gasteiger partial charge on any atom is -0.313 e. The van der Waals surface area contributed by atoms with Gasteiger partial charge in [0.2, 0.25) is 0 Å². The van der Waals surface area contributed by atoms with E-state index in [9.17, 15) is 0 Å². The molecule has 0 saturated heterocycles. The molecule has 0 bridgehead atoms. The molecule has 0 saturated carbocycles. The quantitative estimate of drug-likeness (QED) is 0.324. The van der Waals surface area contributed by atoms with Crippen LogP contribution < -0.4 is 0 Å². The predicted octanol–water partition coefficient (Wildman–Crippen LogP) is 7.01. The molecule has 0 spiro atoms. The Morgan fingerprint density at radius 2 is 1.48 bits per heavy atom. The fourth-order valence-electron chi connectivity index (χ4n) is 4.20. The molecule has 0 aliphatic heterocycles. The largest absolute Gasteiger partial charge is 0.313 e. The third-order valence-corrected chi connectivity index (χ3v) is 5.67. The Morgan fingerprint density at radius 3 is 2.23 bits per heavy atom. The molecule has 0 fully saturated rings. The first-order valence-electron chi connectivity index (χ1n) is 10.4. The van der Waals surface area contributed by atoms with Gasteiger partial charge in [-0.2, -0.15) is 0 Å². The molecule has 0 atom stereocenters. The average Bonchev–Trinajstić information content (AvgIpc) is 3.10. The molecule has 2 aromatic heterocycles. The third kappa shape index (κ3) is 3.34. The summed E-state index contributed by atoms with van der Waals surface area (Å²) >= 11 is 0. The number of aromatic nitrogens is 3. The van der Waals surface area contributed by atoms with E-state index < -0.39 is 0 Å². The highest BCUT2D eigenvalue weighted by molar-refractivity contribution is 5.92. The van der Waals surface area contributed by atoms with Gasteiger partial charge in [-0.15, -0.1) is 0 Å². The molecule has 3 aromatic carbocycles. The third-order valence-electron chi connectivity index (χ3n) is 5.67. The second kappa shape index (κ2) is 7.69. The molecule has 5 aromatic rings. The molecule has 3 heteroatoms. The van der Waals surface area contributed by atoms with E-state index in [1.165, 1.54) is 22.2 Å². The molecule has 5 rings (SSSR count). The summed E-state index contributed by atoms with van der Waals surface area (Å²) in [6, 6.07) is 29.2. The Bertz CT molecular complexity index is 1390. The van der Waals surface area contributed by atoms with Crippen LogP contribution in [0.25, 0.3) is 45.3 Å². The Labute approximate surface area is 182 Å². The van der Waals surface area contributed by atoms with Gasteiger partial charge in [0, 0.05) is 39.2 Å². The maximum Gasteiger partial charge on any atom is 0.160 e. The number of hydrogen-bond acceptors (Lipinski definition) is 2. The van der Waals surface area contributed by atoms with Crippen molar-refractivity contribution in [1.82, 2.24) is 14.5 Å². The van der Waals surface area contributed by atoms with Gasteiger partial charge in [0.1, 0.15) is 0 Å². The van der Waals surface area contributed by atoms with Crippen LogP contribution in [0.5, 0.6) is 0 Å².